The zero-order chi connectivity index (χ0) is 28.3. The molecule has 0 saturated heterocycles. The van der Waals surface area contributed by atoms with Crippen LogP contribution >= 0.6 is 0 Å². The number of aromatic amines is 1. The second-order valence-corrected chi connectivity index (χ2v) is 10.2. The van der Waals surface area contributed by atoms with Gasteiger partial charge < -0.3 is 24.7 Å². The fourth-order valence-corrected chi connectivity index (χ4v) is 4.26. The standard InChI is InChI=1S/C27H37N5O6/c1-8-37-18-9-10-20-19(11-18)17(6)23(38-20)26(35)30(7)14-21(33)31(12-15(2)3)22-24(28)32(13-16(4)5)27(36)29-25(22)34/h9-11,15-16H,8,12-14,28H2,1-7H3,(H,29,34,36). The predicted octanol–water partition coefficient (Wildman–Crippen LogP) is 2.99. The maximum atomic E-state index is 13.5. The molecule has 0 aliphatic carbocycles. The molecular formula is C27H37N5O6. The summed E-state index contributed by atoms with van der Waals surface area (Å²) in [6.07, 6.45) is 0. The number of nitrogens with zero attached hydrogens (tertiary/aromatic N) is 3. The highest BCUT2D eigenvalue weighted by Crippen LogP contribution is 2.29. The highest BCUT2D eigenvalue weighted by atomic mass is 16.5. The Kier molecular flexibility index (Phi) is 8.70. The van der Waals surface area contributed by atoms with E-state index in [1.54, 1.807) is 19.1 Å². The van der Waals surface area contributed by atoms with Crippen LogP contribution in [0.3, 0.4) is 0 Å². The number of hydrogen-bond acceptors (Lipinski definition) is 7. The van der Waals surface area contributed by atoms with Crippen LogP contribution in [-0.2, 0) is 11.3 Å². The highest BCUT2D eigenvalue weighted by Gasteiger charge is 2.29. The van der Waals surface area contributed by atoms with Crippen molar-refractivity contribution in [1.82, 2.24) is 14.5 Å². The van der Waals surface area contributed by atoms with E-state index >= 15 is 0 Å². The van der Waals surface area contributed by atoms with Gasteiger partial charge in [0.25, 0.3) is 11.5 Å². The van der Waals surface area contributed by atoms with E-state index in [0.29, 0.717) is 23.5 Å². The number of aryl methyl sites for hydroxylation is 1. The topological polar surface area (TPSA) is 144 Å². The van der Waals surface area contributed by atoms with E-state index in [1.165, 1.54) is 21.4 Å². The third-order valence-corrected chi connectivity index (χ3v) is 6.01. The minimum atomic E-state index is -0.756. The van der Waals surface area contributed by atoms with Crippen LogP contribution < -0.4 is 26.6 Å². The SMILES string of the molecule is CCOc1ccc2oc(C(=O)N(C)CC(=O)N(CC(C)C)c3c(N)n(CC(C)C)c(=O)[nH]c3=O)c(C)c2c1. The van der Waals surface area contributed by atoms with Gasteiger partial charge in [0, 0.05) is 31.1 Å². The summed E-state index contributed by atoms with van der Waals surface area (Å²) in [4.78, 5) is 56.8. The van der Waals surface area contributed by atoms with Crippen molar-refractivity contribution in [1.29, 1.82) is 0 Å². The molecule has 2 amide bonds. The Hall–Kier alpha value is -4.02. The number of nitrogens with two attached hydrogens (primary N) is 1. The second kappa shape index (κ2) is 11.6. The average Bonchev–Trinajstić information content (AvgIpc) is 3.16. The monoisotopic (exact) mass is 527 g/mol. The van der Waals surface area contributed by atoms with E-state index < -0.39 is 23.1 Å². The number of aromatic nitrogens is 2. The zero-order valence-electron chi connectivity index (χ0n) is 23.1. The second-order valence-electron chi connectivity index (χ2n) is 10.2. The lowest BCUT2D eigenvalue weighted by Gasteiger charge is -2.28. The molecule has 206 valence electrons. The van der Waals surface area contributed by atoms with Crippen molar-refractivity contribution >= 4 is 34.3 Å². The van der Waals surface area contributed by atoms with Crippen LogP contribution in [0.15, 0.2) is 32.2 Å². The molecule has 38 heavy (non-hydrogen) atoms. The van der Waals surface area contributed by atoms with Gasteiger partial charge in [0.1, 0.15) is 23.7 Å². The van der Waals surface area contributed by atoms with Crippen LogP contribution in [0.2, 0.25) is 0 Å². The number of hydrogen-bond donors (Lipinski definition) is 2. The number of carbonyl (C=O) groups excluding carboxylic acids is 2. The number of fused-ring (bicyclic) bond motifs is 1. The summed E-state index contributed by atoms with van der Waals surface area (Å²) in [5.41, 5.74) is 5.93. The quantitative estimate of drug-likeness (QED) is 0.412. The van der Waals surface area contributed by atoms with E-state index in [9.17, 15) is 19.2 Å². The molecule has 0 atom stereocenters. The first-order valence-corrected chi connectivity index (χ1v) is 12.7. The lowest BCUT2D eigenvalue weighted by Crippen LogP contribution is -2.47. The van der Waals surface area contributed by atoms with Crippen LogP contribution in [0.5, 0.6) is 5.75 Å². The smallest absolute Gasteiger partial charge is 0.330 e. The van der Waals surface area contributed by atoms with E-state index in [-0.39, 0.29) is 48.7 Å². The number of furan rings is 1. The first kappa shape index (κ1) is 28.5. The van der Waals surface area contributed by atoms with Crippen molar-refractivity contribution in [3.63, 3.8) is 0 Å². The van der Waals surface area contributed by atoms with Gasteiger partial charge in [-0.25, -0.2) is 4.79 Å². The largest absolute Gasteiger partial charge is 0.494 e. The third kappa shape index (κ3) is 5.92. The number of amides is 2. The number of likely N-dealkylation sites (N-methyl/N-ethyl adjacent to an activating group) is 1. The number of carbonyl (C=O) groups is 2. The molecule has 11 nitrogen and oxygen atoms in total. The maximum Gasteiger partial charge on any atom is 0.330 e. The summed E-state index contributed by atoms with van der Waals surface area (Å²) in [5, 5.41) is 0.743. The molecule has 2 aromatic heterocycles. The molecule has 3 aromatic rings. The molecule has 1 aromatic carbocycles. The van der Waals surface area contributed by atoms with Gasteiger partial charge in [-0.05, 0) is 43.9 Å². The Bertz CT molecular complexity index is 1450. The lowest BCUT2D eigenvalue weighted by atomic mass is 10.1. The fraction of sp³-hybridized carbons (Fsp3) is 0.481. The van der Waals surface area contributed by atoms with Crippen molar-refractivity contribution in [3.8, 4) is 5.75 Å². The zero-order valence-corrected chi connectivity index (χ0v) is 23.1. The molecule has 0 aliphatic rings. The van der Waals surface area contributed by atoms with Gasteiger partial charge in [0.2, 0.25) is 5.91 Å². The highest BCUT2D eigenvalue weighted by molar-refractivity contribution is 6.03. The molecule has 0 spiro atoms. The Labute approximate surface area is 221 Å². The fourth-order valence-electron chi connectivity index (χ4n) is 4.26. The van der Waals surface area contributed by atoms with Gasteiger partial charge in [0.15, 0.2) is 11.4 Å². The number of rotatable bonds is 10. The summed E-state index contributed by atoms with van der Waals surface area (Å²) in [6.45, 7) is 11.9. The lowest BCUT2D eigenvalue weighted by molar-refractivity contribution is -0.119. The van der Waals surface area contributed by atoms with Crippen molar-refractivity contribution in [2.24, 2.45) is 11.8 Å². The molecule has 0 unspecified atom stereocenters. The van der Waals surface area contributed by atoms with E-state index in [2.05, 4.69) is 4.98 Å². The van der Waals surface area contributed by atoms with Crippen LogP contribution in [0.25, 0.3) is 11.0 Å². The van der Waals surface area contributed by atoms with Crippen molar-refractivity contribution in [2.75, 3.05) is 37.4 Å². The maximum absolute atomic E-state index is 13.5. The van der Waals surface area contributed by atoms with E-state index in [0.717, 1.165) is 5.39 Å². The van der Waals surface area contributed by atoms with Crippen molar-refractivity contribution in [2.45, 2.75) is 48.1 Å². The molecule has 11 heteroatoms. The Balaban J connectivity index is 1.94. The molecule has 3 N–H and O–H groups in total. The number of H-pyrrole nitrogens is 1. The minimum absolute atomic E-state index is 0.0265. The molecule has 2 heterocycles. The third-order valence-electron chi connectivity index (χ3n) is 6.01. The van der Waals surface area contributed by atoms with E-state index in [4.69, 9.17) is 14.9 Å². The average molecular weight is 528 g/mol. The molecule has 3 rings (SSSR count). The molecule has 0 radical (unpaired) electrons. The van der Waals surface area contributed by atoms with Crippen LogP contribution in [0, 0.1) is 18.8 Å². The Morgan fingerprint density at radius 3 is 2.45 bits per heavy atom. The van der Waals surface area contributed by atoms with Gasteiger partial charge in [-0.2, -0.15) is 0 Å². The van der Waals surface area contributed by atoms with Crippen molar-refractivity contribution in [3.05, 3.63) is 50.4 Å². The molecular weight excluding hydrogens is 490 g/mol. The predicted molar refractivity (Wildman–Crippen MR) is 147 cm³/mol. The number of benzene rings is 1. The summed E-state index contributed by atoms with van der Waals surface area (Å²) in [5.74, 6) is -0.270. The summed E-state index contributed by atoms with van der Waals surface area (Å²) >= 11 is 0. The van der Waals surface area contributed by atoms with Gasteiger partial charge >= 0.3 is 5.69 Å². The van der Waals surface area contributed by atoms with Crippen LogP contribution in [0.1, 0.15) is 50.7 Å². The normalized spacial score (nSPS) is 11.4. The van der Waals surface area contributed by atoms with Gasteiger partial charge in [0.05, 0.1) is 6.61 Å². The van der Waals surface area contributed by atoms with Gasteiger partial charge in [-0.1, -0.05) is 27.7 Å². The summed E-state index contributed by atoms with van der Waals surface area (Å²) in [7, 11) is 1.49. The first-order chi connectivity index (χ1) is 17.8. The van der Waals surface area contributed by atoms with E-state index in [1.807, 2.05) is 40.7 Å². The summed E-state index contributed by atoms with van der Waals surface area (Å²) < 4.78 is 12.6. The molecule has 0 aliphatic heterocycles. The van der Waals surface area contributed by atoms with Crippen LogP contribution in [-0.4, -0.2) is 53.0 Å². The number of anilines is 2. The Morgan fingerprint density at radius 1 is 1.16 bits per heavy atom. The molecule has 0 saturated carbocycles. The summed E-state index contributed by atoms with van der Waals surface area (Å²) in [6, 6.07) is 5.31. The molecule has 0 bridgehead atoms. The number of nitrogen functional groups attached to an aromatic ring is 1. The van der Waals surface area contributed by atoms with Gasteiger partial charge in [-0.3, -0.25) is 23.9 Å². The Morgan fingerprint density at radius 2 is 1.84 bits per heavy atom. The van der Waals surface area contributed by atoms with Crippen molar-refractivity contribution < 1.29 is 18.7 Å². The van der Waals surface area contributed by atoms with Gasteiger partial charge in [-0.15, -0.1) is 0 Å². The molecule has 0 fully saturated rings. The number of nitrogens with one attached hydrogen (secondary N) is 1. The number of ether oxygens (including phenoxy) is 1. The first-order valence-electron chi connectivity index (χ1n) is 12.7. The minimum Gasteiger partial charge on any atom is -0.494 e. The van der Waals surface area contributed by atoms with Crippen LogP contribution in [0.4, 0.5) is 11.5 Å².